The number of fused-ring (bicyclic) bond motifs is 2. The Morgan fingerprint density at radius 3 is 2.67 bits per heavy atom. The highest BCUT2D eigenvalue weighted by atomic mass is 32.1. The zero-order chi connectivity index (χ0) is 18.4. The van der Waals surface area contributed by atoms with Crippen molar-refractivity contribution in [2.45, 2.75) is 12.5 Å². The van der Waals surface area contributed by atoms with Gasteiger partial charge in [-0.3, -0.25) is 0 Å². The molecule has 0 aliphatic carbocycles. The van der Waals surface area contributed by atoms with Crippen molar-refractivity contribution in [3.8, 4) is 11.5 Å². The van der Waals surface area contributed by atoms with Crippen molar-refractivity contribution < 1.29 is 18.3 Å². The zero-order valence-corrected chi connectivity index (χ0v) is 14.6. The van der Waals surface area contributed by atoms with Gasteiger partial charge in [-0.25, -0.2) is 8.78 Å². The second-order valence-corrected chi connectivity index (χ2v) is 7.06. The molecular weight excluding hydrogens is 374 g/mol. The zero-order valence-electron chi connectivity index (χ0n) is 13.8. The van der Waals surface area contributed by atoms with E-state index in [9.17, 15) is 8.78 Å². The molecular formula is C18H12F2N4O2S. The Balaban J connectivity index is 1.44. The largest absolute Gasteiger partial charge is 0.485 e. The standard InChI is InChI=1S/C18H12F2N4O2S/c19-11-5-10(6-12(20)8-11)7-16-21-22-18-24(16)23-17(27-18)15-9-25-13-3-1-2-4-14(13)26-15/h1-6,8,15H,7,9H2/t15-/m0/s1. The molecule has 0 fully saturated rings. The van der Waals surface area contributed by atoms with Gasteiger partial charge in [0.25, 0.3) is 0 Å². The second-order valence-electron chi connectivity index (χ2n) is 6.07. The molecule has 6 nitrogen and oxygen atoms in total. The topological polar surface area (TPSA) is 61.5 Å². The van der Waals surface area contributed by atoms with Crippen LogP contribution in [0.5, 0.6) is 11.5 Å². The van der Waals surface area contributed by atoms with E-state index in [1.807, 2.05) is 24.3 Å². The van der Waals surface area contributed by atoms with Crippen molar-refractivity contribution in [1.29, 1.82) is 0 Å². The number of hydrogen-bond donors (Lipinski definition) is 0. The third-order valence-electron chi connectivity index (χ3n) is 4.14. The van der Waals surface area contributed by atoms with Gasteiger partial charge in [-0.15, -0.1) is 10.2 Å². The van der Waals surface area contributed by atoms with Crippen LogP contribution in [-0.4, -0.2) is 26.4 Å². The highest BCUT2D eigenvalue weighted by Crippen LogP contribution is 2.36. The number of benzene rings is 2. The van der Waals surface area contributed by atoms with Crippen molar-refractivity contribution in [1.82, 2.24) is 19.8 Å². The van der Waals surface area contributed by atoms with Gasteiger partial charge in [0.1, 0.15) is 18.2 Å². The van der Waals surface area contributed by atoms with E-state index >= 15 is 0 Å². The van der Waals surface area contributed by atoms with Crippen LogP contribution in [0.4, 0.5) is 8.78 Å². The first-order chi connectivity index (χ1) is 13.2. The minimum absolute atomic E-state index is 0.212. The summed E-state index contributed by atoms with van der Waals surface area (Å²) in [5, 5.41) is 13.4. The van der Waals surface area contributed by atoms with Crippen LogP contribution in [0.3, 0.4) is 0 Å². The summed E-state index contributed by atoms with van der Waals surface area (Å²) >= 11 is 1.34. The first-order valence-electron chi connectivity index (χ1n) is 8.20. The molecule has 0 saturated heterocycles. The molecule has 1 aliphatic rings. The molecule has 4 aromatic rings. The summed E-state index contributed by atoms with van der Waals surface area (Å²) in [6.07, 6.45) is -0.143. The molecule has 0 unspecified atom stereocenters. The molecule has 2 aromatic heterocycles. The van der Waals surface area contributed by atoms with E-state index in [0.717, 1.165) is 6.07 Å². The molecule has 1 atom stereocenters. The molecule has 9 heteroatoms. The fourth-order valence-electron chi connectivity index (χ4n) is 2.95. The molecule has 3 heterocycles. The Morgan fingerprint density at radius 1 is 1.07 bits per heavy atom. The normalized spacial score (nSPS) is 16.0. The van der Waals surface area contributed by atoms with Gasteiger partial charge in [0.05, 0.1) is 0 Å². The number of hydrogen-bond acceptors (Lipinski definition) is 6. The van der Waals surface area contributed by atoms with E-state index in [-0.39, 0.29) is 12.5 Å². The van der Waals surface area contributed by atoms with E-state index < -0.39 is 11.6 Å². The van der Waals surface area contributed by atoms with E-state index in [2.05, 4.69) is 15.3 Å². The summed E-state index contributed by atoms with van der Waals surface area (Å²) in [5.41, 5.74) is 0.461. The molecule has 27 heavy (non-hydrogen) atoms. The number of rotatable bonds is 3. The molecule has 2 aromatic carbocycles. The van der Waals surface area contributed by atoms with Crippen LogP contribution in [0.15, 0.2) is 42.5 Å². The first-order valence-corrected chi connectivity index (χ1v) is 9.02. The molecule has 0 radical (unpaired) electrons. The Morgan fingerprint density at radius 2 is 1.85 bits per heavy atom. The van der Waals surface area contributed by atoms with E-state index in [0.29, 0.717) is 39.5 Å². The van der Waals surface area contributed by atoms with Gasteiger partial charge in [0.2, 0.25) is 4.96 Å². The molecule has 0 spiro atoms. The Hall–Kier alpha value is -3.07. The summed E-state index contributed by atoms with van der Waals surface area (Å²) in [5.74, 6) is 0.600. The van der Waals surface area contributed by atoms with Gasteiger partial charge in [-0.05, 0) is 29.8 Å². The first kappa shape index (κ1) is 16.1. The maximum absolute atomic E-state index is 13.4. The van der Waals surface area contributed by atoms with Gasteiger partial charge in [0, 0.05) is 12.5 Å². The van der Waals surface area contributed by atoms with Gasteiger partial charge >= 0.3 is 0 Å². The third-order valence-corrected chi connectivity index (χ3v) is 5.13. The summed E-state index contributed by atoms with van der Waals surface area (Å²) in [6, 6.07) is 10.8. The van der Waals surface area contributed by atoms with Crippen LogP contribution < -0.4 is 9.47 Å². The van der Waals surface area contributed by atoms with E-state index in [1.54, 1.807) is 4.52 Å². The van der Waals surface area contributed by atoms with Crippen LogP contribution in [0.25, 0.3) is 4.96 Å². The fraction of sp³-hybridized carbons (Fsp3) is 0.167. The quantitative estimate of drug-likeness (QED) is 0.539. The van der Waals surface area contributed by atoms with Crippen molar-refractivity contribution >= 4 is 16.3 Å². The minimum Gasteiger partial charge on any atom is -0.485 e. The summed E-state index contributed by atoms with van der Waals surface area (Å²) in [4.78, 5) is 0.583. The van der Waals surface area contributed by atoms with Crippen LogP contribution in [-0.2, 0) is 6.42 Å². The van der Waals surface area contributed by atoms with E-state index in [4.69, 9.17) is 9.47 Å². The van der Waals surface area contributed by atoms with Gasteiger partial charge in [0.15, 0.2) is 28.4 Å². The third kappa shape index (κ3) is 2.99. The van der Waals surface area contributed by atoms with Crippen LogP contribution in [0, 0.1) is 11.6 Å². The Kier molecular flexibility index (Phi) is 3.75. The minimum atomic E-state index is -0.629. The average Bonchev–Trinajstić information content (AvgIpc) is 3.22. The highest BCUT2D eigenvalue weighted by molar-refractivity contribution is 7.16. The van der Waals surface area contributed by atoms with E-state index in [1.165, 1.54) is 23.5 Å². The summed E-state index contributed by atoms with van der Waals surface area (Å²) in [7, 11) is 0. The van der Waals surface area contributed by atoms with Gasteiger partial charge in [-0.1, -0.05) is 23.5 Å². The predicted octanol–water partition coefficient (Wildman–Crippen LogP) is 3.57. The molecule has 0 N–H and O–H groups in total. The Labute approximate surface area is 156 Å². The second kappa shape index (κ2) is 6.27. The summed E-state index contributed by atoms with van der Waals surface area (Å²) in [6.45, 7) is 0.339. The number of nitrogens with zero attached hydrogens (tertiary/aromatic N) is 4. The van der Waals surface area contributed by atoms with Crippen LogP contribution in [0.2, 0.25) is 0 Å². The molecule has 1 aliphatic heterocycles. The lowest BCUT2D eigenvalue weighted by atomic mass is 10.1. The average molecular weight is 386 g/mol. The van der Waals surface area contributed by atoms with Crippen LogP contribution >= 0.6 is 11.3 Å². The fourth-order valence-corrected chi connectivity index (χ4v) is 3.82. The number of aromatic nitrogens is 4. The Bertz CT molecular complexity index is 1120. The molecule has 0 saturated carbocycles. The van der Waals surface area contributed by atoms with Gasteiger partial charge < -0.3 is 9.47 Å². The number of para-hydroxylation sites is 2. The van der Waals surface area contributed by atoms with Crippen molar-refractivity contribution in [3.63, 3.8) is 0 Å². The summed E-state index contributed by atoms with van der Waals surface area (Å²) < 4.78 is 40.1. The van der Waals surface area contributed by atoms with Crippen molar-refractivity contribution in [2.75, 3.05) is 6.61 Å². The van der Waals surface area contributed by atoms with Crippen LogP contribution in [0.1, 0.15) is 22.5 Å². The lowest BCUT2D eigenvalue weighted by Gasteiger charge is -2.24. The molecule has 0 amide bonds. The number of halogens is 2. The number of ether oxygens (including phenoxy) is 2. The van der Waals surface area contributed by atoms with Crippen molar-refractivity contribution in [2.24, 2.45) is 0 Å². The molecule has 0 bridgehead atoms. The lowest BCUT2D eigenvalue weighted by molar-refractivity contribution is 0.0904. The molecule has 5 rings (SSSR count). The molecule has 136 valence electrons. The monoisotopic (exact) mass is 386 g/mol. The maximum atomic E-state index is 13.4. The highest BCUT2D eigenvalue weighted by Gasteiger charge is 2.26. The lowest BCUT2D eigenvalue weighted by Crippen LogP contribution is -2.21. The van der Waals surface area contributed by atoms with Gasteiger partial charge in [-0.2, -0.15) is 9.61 Å². The smallest absolute Gasteiger partial charge is 0.234 e. The predicted molar refractivity (Wildman–Crippen MR) is 93.1 cm³/mol. The van der Waals surface area contributed by atoms with Crippen molar-refractivity contribution in [3.05, 3.63) is 70.5 Å². The SMILES string of the molecule is Fc1cc(F)cc(Cc2nnc3sc([C@@H]4COc5ccccc5O4)nn23)c1. The maximum Gasteiger partial charge on any atom is 0.234 e.